The molecule has 2 aliphatic heterocycles. The number of aryl methyl sites for hydroxylation is 2. The van der Waals surface area contributed by atoms with Crippen LogP contribution in [0.3, 0.4) is 0 Å². The minimum absolute atomic E-state index is 0.0281. The molecule has 5 nitrogen and oxygen atoms in total. The van der Waals surface area contributed by atoms with Gasteiger partial charge >= 0.3 is 0 Å². The first-order chi connectivity index (χ1) is 18.3. The number of halogens is 2. The Morgan fingerprint density at radius 2 is 1.71 bits per heavy atom. The lowest BCUT2D eigenvalue weighted by Gasteiger charge is -2.29. The van der Waals surface area contributed by atoms with Crippen LogP contribution in [-0.4, -0.2) is 48.8 Å². The molecule has 38 heavy (non-hydrogen) atoms. The van der Waals surface area contributed by atoms with Gasteiger partial charge in [-0.25, -0.2) is 4.39 Å². The molecule has 5 rings (SSSR count). The van der Waals surface area contributed by atoms with E-state index in [2.05, 4.69) is 15.5 Å². The molecule has 0 saturated carbocycles. The number of ketones is 1. The zero-order valence-electron chi connectivity index (χ0n) is 21.7. The van der Waals surface area contributed by atoms with E-state index >= 15 is 0 Å². The molecule has 2 unspecified atom stereocenters. The van der Waals surface area contributed by atoms with Crippen molar-refractivity contribution < 1.29 is 14.0 Å². The second kappa shape index (κ2) is 11.4. The van der Waals surface area contributed by atoms with Gasteiger partial charge in [-0.1, -0.05) is 66.2 Å². The Bertz CT molecular complexity index is 1290. The number of carbonyl (C=O) groups is 2. The van der Waals surface area contributed by atoms with E-state index in [1.54, 1.807) is 6.07 Å². The summed E-state index contributed by atoms with van der Waals surface area (Å²) in [5.41, 5.74) is 3.54. The highest BCUT2D eigenvalue weighted by Gasteiger charge is 2.48. The van der Waals surface area contributed by atoms with E-state index in [1.165, 1.54) is 12.1 Å². The fourth-order valence-electron chi connectivity index (χ4n) is 6.19. The van der Waals surface area contributed by atoms with Crippen LogP contribution in [0.4, 0.5) is 4.39 Å². The third-order valence-electron chi connectivity index (χ3n) is 8.06. The average molecular weight is 534 g/mol. The van der Waals surface area contributed by atoms with E-state index in [9.17, 15) is 14.0 Å². The van der Waals surface area contributed by atoms with Crippen LogP contribution >= 0.6 is 11.6 Å². The van der Waals surface area contributed by atoms with E-state index in [4.69, 9.17) is 11.6 Å². The van der Waals surface area contributed by atoms with Crippen LogP contribution < -0.4 is 10.6 Å². The first kappa shape index (κ1) is 26.5. The summed E-state index contributed by atoms with van der Waals surface area (Å²) in [5, 5.41) is 6.79. The average Bonchev–Trinajstić information content (AvgIpc) is 3.48. The topological polar surface area (TPSA) is 61.4 Å². The van der Waals surface area contributed by atoms with Gasteiger partial charge in [-0.05, 0) is 67.5 Å². The van der Waals surface area contributed by atoms with Crippen molar-refractivity contribution in [3.63, 3.8) is 0 Å². The zero-order valence-corrected chi connectivity index (χ0v) is 22.5. The van der Waals surface area contributed by atoms with Crippen molar-refractivity contribution in [3.05, 3.63) is 105 Å². The number of nitrogens with zero attached hydrogens (tertiary/aromatic N) is 1. The Morgan fingerprint density at radius 1 is 1.00 bits per heavy atom. The third-order valence-corrected chi connectivity index (χ3v) is 8.37. The predicted molar refractivity (Wildman–Crippen MR) is 148 cm³/mol. The van der Waals surface area contributed by atoms with Crippen molar-refractivity contribution in [3.8, 4) is 0 Å². The van der Waals surface area contributed by atoms with Crippen LogP contribution in [0.2, 0.25) is 5.02 Å². The Morgan fingerprint density at radius 3 is 2.42 bits per heavy atom. The van der Waals surface area contributed by atoms with Gasteiger partial charge < -0.3 is 10.6 Å². The van der Waals surface area contributed by atoms with Crippen LogP contribution in [-0.2, 0) is 0 Å². The molecule has 2 saturated heterocycles. The fourth-order valence-corrected chi connectivity index (χ4v) is 6.44. The van der Waals surface area contributed by atoms with Gasteiger partial charge in [0, 0.05) is 25.2 Å². The summed E-state index contributed by atoms with van der Waals surface area (Å²) < 4.78 is 14.7. The third kappa shape index (κ3) is 5.26. The quantitative estimate of drug-likeness (QED) is 0.383. The van der Waals surface area contributed by atoms with Crippen molar-refractivity contribution >= 4 is 23.3 Å². The van der Waals surface area contributed by atoms with Crippen molar-refractivity contribution in [2.24, 2.45) is 11.8 Å². The van der Waals surface area contributed by atoms with Gasteiger partial charge in [0.15, 0.2) is 5.78 Å². The van der Waals surface area contributed by atoms with Gasteiger partial charge in [-0.2, -0.15) is 0 Å². The molecule has 2 fully saturated rings. The second-order valence-corrected chi connectivity index (χ2v) is 10.9. The SMILES string of the molecule is Cc1cccc(C)c1C(=O)NC(CCN1CC2CNC[C@H]2[C@H]1C(=O)c1c(F)cccc1Cl)c1ccccc1. The standard InChI is InChI=1S/C31H33ClFN3O2/c1-19-8-6-9-20(2)27(19)31(38)35-26(21-10-4-3-5-11-21)14-15-36-18-22-16-34-17-23(22)29(36)30(37)28-24(32)12-7-13-25(28)33/h3-13,22-23,26,29,34H,14-18H2,1-2H3,(H,35,38)/t22?,23-,26?,29+/m1/s1. The highest BCUT2D eigenvalue weighted by Crippen LogP contribution is 2.37. The molecule has 1 amide bonds. The monoisotopic (exact) mass is 533 g/mol. The molecule has 7 heteroatoms. The maximum absolute atomic E-state index is 14.7. The molecule has 0 spiro atoms. The highest BCUT2D eigenvalue weighted by molar-refractivity contribution is 6.34. The van der Waals surface area contributed by atoms with Crippen LogP contribution in [0.5, 0.6) is 0 Å². The van der Waals surface area contributed by atoms with Crippen molar-refractivity contribution in [1.29, 1.82) is 0 Å². The molecule has 2 heterocycles. The highest BCUT2D eigenvalue weighted by atomic mass is 35.5. The van der Waals surface area contributed by atoms with Gasteiger partial charge in [0.25, 0.3) is 5.91 Å². The van der Waals surface area contributed by atoms with E-state index < -0.39 is 11.9 Å². The van der Waals surface area contributed by atoms with E-state index in [0.29, 0.717) is 24.4 Å². The second-order valence-electron chi connectivity index (χ2n) is 10.5. The molecule has 3 aromatic rings. The smallest absolute Gasteiger partial charge is 0.252 e. The summed E-state index contributed by atoms with van der Waals surface area (Å²) in [7, 11) is 0. The number of benzene rings is 3. The van der Waals surface area contributed by atoms with Gasteiger partial charge in [-0.3, -0.25) is 14.5 Å². The minimum atomic E-state index is -0.583. The van der Waals surface area contributed by atoms with Crippen LogP contribution in [0.25, 0.3) is 0 Å². The van der Waals surface area contributed by atoms with Crippen LogP contribution in [0.1, 0.15) is 49.9 Å². The van der Waals surface area contributed by atoms with Gasteiger partial charge in [0.1, 0.15) is 5.82 Å². The molecule has 2 aliphatic rings. The number of amides is 1. The normalized spacial score (nSPS) is 21.7. The molecule has 2 N–H and O–H groups in total. The molecule has 0 radical (unpaired) electrons. The van der Waals surface area contributed by atoms with Gasteiger partial charge in [-0.15, -0.1) is 0 Å². The number of rotatable bonds is 8. The van der Waals surface area contributed by atoms with E-state index in [0.717, 1.165) is 36.3 Å². The number of carbonyl (C=O) groups excluding carboxylic acids is 2. The number of Topliss-reactive ketones (excluding diaryl/α,β-unsaturated/α-hetero) is 1. The maximum atomic E-state index is 14.7. The Balaban J connectivity index is 1.39. The Labute approximate surface area is 228 Å². The van der Waals surface area contributed by atoms with Crippen molar-refractivity contribution in [2.75, 3.05) is 26.2 Å². The summed E-state index contributed by atoms with van der Waals surface area (Å²) in [5.74, 6) is -0.547. The molecular weight excluding hydrogens is 501 g/mol. The number of hydrogen-bond acceptors (Lipinski definition) is 4. The molecular formula is C31H33ClFN3O2. The lowest BCUT2D eigenvalue weighted by Crippen LogP contribution is -2.43. The molecule has 198 valence electrons. The number of hydrogen-bond donors (Lipinski definition) is 2. The van der Waals surface area contributed by atoms with Gasteiger partial charge in [0.2, 0.25) is 0 Å². The molecule has 3 aromatic carbocycles. The Kier molecular flexibility index (Phi) is 7.93. The van der Waals surface area contributed by atoms with Crippen LogP contribution in [0, 0.1) is 31.5 Å². The maximum Gasteiger partial charge on any atom is 0.252 e. The van der Waals surface area contributed by atoms with Crippen molar-refractivity contribution in [1.82, 2.24) is 15.5 Å². The summed E-state index contributed by atoms with van der Waals surface area (Å²) in [6.07, 6.45) is 0.613. The predicted octanol–water partition coefficient (Wildman–Crippen LogP) is 5.36. The fraction of sp³-hybridized carbons (Fsp3) is 0.355. The lowest BCUT2D eigenvalue weighted by molar-refractivity contribution is 0.0816. The van der Waals surface area contributed by atoms with Crippen LogP contribution in [0.15, 0.2) is 66.7 Å². The molecule has 0 aliphatic carbocycles. The molecule has 0 bridgehead atoms. The molecule has 4 atom stereocenters. The largest absolute Gasteiger partial charge is 0.345 e. The summed E-state index contributed by atoms with van der Waals surface area (Å²) in [4.78, 5) is 29.3. The first-order valence-electron chi connectivity index (χ1n) is 13.2. The van der Waals surface area contributed by atoms with Gasteiger partial charge in [0.05, 0.1) is 22.7 Å². The minimum Gasteiger partial charge on any atom is -0.345 e. The lowest BCUT2D eigenvalue weighted by atomic mass is 9.89. The number of likely N-dealkylation sites (tertiary alicyclic amines) is 1. The summed E-state index contributed by atoms with van der Waals surface area (Å²) >= 11 is 6.30. The zero-order chi connectivity index (χ0) is 26.8. The molecule has 0 aromatic heterocycles. The first-order valence-corrected chi connectivity index (χ1v) is 13.6. The van der Waals surface area contributed by atoms with E-state index in [-0.39, 0.29) is 34.2 Å². The van der Waals surface area contributed by atoms with Crippen molar-refractivity contribution in [2.45, 2.75) is 32.4 Å². The van der Waals surface area contributed by atoms with E-state index in [1.807, 2.05) is 62.4 Å². The summed E-state index contributed by atoms with van der Waals surface area (Å²) in [6.45, 7) is 6.77. The number of fused-ring (bicyclic) bond motifs is 1. The number of nitrogens with one attached hydrogen (secondary N) is 2. The Hall–Kier alpha value is -3.06. The summed E-state index contributed by atoms with van der Waals surface area (Å²) in [6, 6.07) is 19.4.